The zero-order chi connectivity index (χ0) is 16.1. The lowest BCUT2D eigenvalue weighted by atomic mass is 10.1. The van der Waals surface area contributed by atoms with E-state index in [1.807, 2.05) is 12.1 Å². The lowest BCUT2D eigenvalue weighted by Gasteiger charge is -2.29. The van der Waals surface area contributed by atoms with Crippen LogP contribution in [0.25, 0.3) is 0 Å². The molecular weight excluding hydrogens is 292 g/mol. The average molecular weight is 312 g/mol. The summed E-state index contributed by atoms with van der Waals surface area (Å²) in [6.45, 7) is 3.30. The molecule has 2 aromatic rings. The van der Waals surface area contributed by atoms with Crippen LogP contribution in [0.15, 0.2) is 47.5 Å². The van der Waals surface area contributed by atoms with Crippen molar-refractivity contribution in [2.75, 3.05) is 38.3 Å². The summed E-state index contributed by atoms with van der Waals surface area (Å²) in [5.41, 5.74) is 2.83. The summed E-state index contributed by atoms with van der Waals surface area (Å²) < 4.78 is 10.9. The molecule has 1 heterocycles. The van der Waals surface area contributed by atoms with Gasteiger partial charge in [-0.2, -0.15) is 0 Å². The molecule has 0 radical (unpaired) electrons. The third kappa shape index (κ3) is 3.81. The quantitative estimate of drug-likeness (QED) is 0.882. The summed E-state index contributed by atoms with van der Waals surface area (Å²) in [6.07, 6.45) is 1.77. The third-order valence-electron chi connectivity index (χ3n) is 3.80. The molecule has 0 aromatic heterocycles. The van der Waals surface area contributed by atoms with E-state index >= 15 is 0 Å². The minimum Gasteiger partial charge on any atom is -0.508 e. The first-order valence-electron chi connectivity index (χ1n) is 7.60. The van der Waals surface area contributed by atoms with Crippen LogP contribution in [0.3, 0.4) is 0 Å². The van der Waals surface area contributed by atoms with Crippen LogP contribution in [-0.2, 0) is 4.74 Å². The van der Waals surface area contributed by atoms with Crippen LogP contribution < -0.4 is 9.64 Å². The Balaban J connectivity index is 1.80. The summed E-state index contributed by atoms with van der Waals surface area (Å²) in [7, 11) is 1.66. The molecule has 1 aliphatic rings. The number of ether oxygens (including phenoxy) is 2. The Hall–Kier alpha value is -2.53. The second kappa shape index (κ2) is 7.15. The van der Waals surface area contributed by atoms with E-state index in [1.54, 1.807) is 37.6 Å². The molecule has 23 heavy (non-hydrogen) atoms. The summed E-state index contributed by atoms with van der Waals surface area (Å²) in [5, 5.41) is 9.29. The first-order valence-corrected chi connectivity index (χ1v) is 7.60. The maximum atomic E-state index is 9.29. The van der Waals surface area contributed by atoms with Crippen LogP contribution in [0, 0.1) is 0 Å². The van der Waals surface area contributed by atoms with Crippen molar-refractivity contribution >= 4 is 17.6 Å². The molecule has 0 atom stereocenters. The van der Waals surface area contributed by atoms with E-state index in [0.717, 1.165) is 49.0 Å². The number of morpholine rings is 1. The van der Waals surface area contributed by atoms with Crippen LogP contribution in [-0.4, -0.2) is 44.7 Å². The number of rotatable bonds is 4. The molecule has 0 bridgehead atoms. The number of anilines is 1. The molecule has 3 rings (SSSR count). The van der Waals surface area contributed by atoms with Gasteiger partial charge in [0, 0.05) is 36.6 Å². The summed E-state index contributed by atoms with van der Waals surface area (Å²) >= 11 is 0. The van der Waals surface area contributed by atoms with Crippen LogP contribution in [0.2, 0.25) is 0 Å². The van der Waals surface area contributed by atoms with E-state index in [9.17, 15) is 5.11 Å². The summed E-state index contributed by atoms with van der Waals surface area (Å²) in [4.78, 5) is 6.70. The van der Waals surface area contributed by atoms with Crippen molar-refractivity contribution in [3.8, 4) is 11.5 Å². The van der Waals surface area contributed by atoms with Gasteiger partial charge < -0.3 is 19.5 Å². The minimum atomic E-state index is 0.233. The van der Waals surface area contributed by atoms with Crippen LogP contribution >= 0.6 is 0 Å². The van der Waals surface area contributed by atoms with Gasteiger partial charge in [-0.3, -0.25) is 4.99 Å². The Labute approximate surface area is 135 Å². The van der Waals surface area contributed by atoms with Gasteiger partial charge in [0.2, 0.25) is 0 Å². The Morgan fingerprint density at radius 1 is 1.13 bits per heavy atom. The van der Waals surface area contributed by atoms with Crippen LogP contribution in [0.1, 0.15) is 5.56 Å². The zero-order valence-corrected chi connectivity index (χ0v) is 13.1. The van der Waals surface area contributed by atoms with E-state index in [2.05, 4.69) is 16.0 Å². The molecule has 0 saturated carbocycles. The molecule has 1 aliphatic heterocycles. The number of phenolic OH excluding ortho intramolecular Hbond substituents is 1. The smallest absolute Gasteiger partial charge is 0.129 e. The highest BCUT2D eigenvalue weighted by molar-refractivity contribution is 5.86. The molecule has 0 unspecified atom stereocenters. The highest BCUT2D eigenvalue weighted by Crippen LogP contribution is 2.26. The molecule has 0 spiro atoms. The molecule has 0 amide bonds. The highest BCUT2D eigenvalue weighted by Gasteiger charge is 2.13. The average Bonchev–Trinajstić information content (AvgIpc) is 2.62. The number of aromatic hydroxyl groups is 1. The third-order valence-corrected chi connectivity index (χ3v) is 3.80. The van der Waals surface area contributed by atoms with Gasteiger partial charge in [-0.1, -0.05) is 0 Å². The van der Waals surface area contributed by atoms with Gasteiger partial charge >= 0.3 is 0 Å². The van der Waals surface area contributed by atoms with Gasteiger partial charge in [-0.15, -0.1) is 0 Å². The zero-order valence-electron chi connectivity index (χ0n) is 13.1. The van der Waals surface area contributed by atoms with Crippen molar-refractivity contribution in [1.29, 1.82) is 0 Å². The maximum absolute atomic E-state index is 9.29. The number of nitrogens with zero attached hydrogens (tertiary/aromatic N) is 2. The monoisotopic (exact) mass is 312 g/mol. The Morgan fingerprint density at radius 3 is 2.57 bits per heavy atom. The fourth-order valence-electron chi connectivity index (χ4n) is 2.51. The van der Waals surface area contributed by atoms with Crippen LogP contribution in [0.5, 0.6) is 11.5 Å². The van der Waals surface area contributed by atoms with Crippen molar-refractivity contribution < 1.29 is 14.6 Å². The second-order valence-electron chi connectivity index (χ2n) is 5.30. The second-order valence-corrected chi connectivity index (χ2v) is 5.30. The molecule has 1 N–H and O–H groups in total. The van der Waals surface area contributed by atoms with Gasteiger partial charge in [0.1, 0.15) is 11.5 Å². The summed E-state index contributed by atoms with van der Waals surface area (Å²) in [5.74, 6) is 1.02. The van der Waals surface area contributed by atoms with Crippen LogP contribution in [0.4, 0.5) is 11.4 Å². The minimum absolute atomic E-state index is 0.233. The normalized spacial score (nSPS) is 15.1. The van der Waals surface area contributed by atoms with Gasteiger partial charge in [0.05, 0.1) is 26.0 Å². The maximum Gasteiger partial charge on any atom is 0.129 e. The van der Waals surface area contributed by atoms with Crippen molar-refractivity contribution in [3.05, 3.63) is 48.0 Å². The molecule has 2 aromatic carbocycles. The molecule has 5 heteroatoms. The Bertz CT molecular complexity index is 677. The lowest BCUT2D eigenvalue weighted by molar-refractivity contribution is 0.122. The molecule has 1 fully saturated rings. The fraction of sp³-hybridized carbons (Fsp3) is 0.278. The van der Waals surface area contributed by atoms with Gasteiger partial charge in [-0.25, -0.2) is 0 Å². The van der Waals surface area contributed by atoms with E-state index in [4.69, 9.17) is 9.47 Å². The fourth-order valence-corrected chi connectivity index (χ4v) is 2.51. The van der Waals surface area contributed by atoms with Crippen molar-refractivity contribution in [2.45, 2.75) is 0 Å². The SMILES string of the molecule is COc1cc(N2CCOCC2)ccc1C=Nc1ccc(O)cc1. The largest absolute Gasteiger partial charge is 0.508 e. The molecule has 5 nitrogen and oxygen atoms in total. The highest BCUT2D eigenvalue weighted by atomic mass is 16.5. The number of aliphatic imine (C=N–C) groups is 1. The van der Waals surface area contributed by atoms with E-state index in [1.165, 1.54) is 0 Å². The van der Waals surface area contributed by atoms with Crippen molar-refractivity contribution in [3.63, 3.8) is 0 Å². The summed E-state index contributed by atoms with van der Waals surface area (Å²) in [6, 6.07) is 12.9. The van der Waals surface area contributed by atoms with E-state index < -0.39 is 0 Å². The van der Waals surface area contributed by atoms with E-state index in [0.29, 0.717) is 0 Å². The molecule has 120 valence electrons. The molecular formula is C18H20N2O3. The predicted molar refractivity (Wildman–Crippen MR) is 91.4 cm³/mol. The van der Waals surface area contributed by atoms with Crippen molar-refractivity contribution in [1.82, 2.24) is 0 Å². The standard InChI is InChI=1S/C18H20N2O3/c1-22-18-12-16(20-8-10-23-11-9-20)5-2-14(18)13-19-15-3-6-17(21)7-4-15/h2-7,12-13,21H,8-11H2,1H3. The van der Waals surface area contributed by atoms with Gasteiger partial charge in [0.25, 0.3) is 0 Å². The van der Waals surface area contributed by atoms with Crippen molar-refractivity contribution in [2.24, 2.45) is 4.99 Å². The first kappa shape index (κ1) is 15.4. The number of hydrogen-bond acceptors (Lipinski definition) is 5. The number of benzene rings is 2. The van der Waals surface area contributed by atoms with Gasteiger partial charge in [-0.05, 0) is 36.4 Å². The number of hydrogen-bond donors (Lipinski definition) is 1. The lowest BCUT2D eigenvalue weighted by Crippen LogP contribution is -2.36. The Morgan fingerprint density at radius 2 is 1.87 bits per heavy atom. The Kier molecular flexibility index (Phi) is 4.78. The topological polar surface area (TPSA) is 54.3 Å². The number of phenols is 1. The van der Waals surface area contributed by atoms with E-state index in [-0.39, 0.29) is 5.75 Å². The first-order chi connectivity index (χ1) is 11.3. The molecule has 1 saturated heterocycles. The van der Waals surface area contributed by atoms with Gasteiger partial charge in [0.15, 0.2) is 0 Å². The number of methoxy groups -OCH3 is 1. The predicted octanol–water partition coefficient (Wildman–Crippen LogP) is 2.99. The molecule has 0 aliphatic carbocycles.